The van der Waals surface area contributed by atoms with Crippen LogP contribution >= 0.6 is 19.6 Å². The van der Waals surface area contributed by atoms with Crippen molar-refractivity contribution in [1.29, 1.82) is 0 Å². The molecule has 0 bridgehead atoms. The first-order valence-corrected chi connectivity index (χ1v) is 12.6. The number of phosphoric ester groups is 1. The van der Waals surface area contributed by atoms with Gasteiger partial charge in [0.2, 0.25) is 5.78 Å². The van der Waals surface area contributed by atoms with E-state index in [-0.39, 0.29) is 25.0 Å². The van der Waals surface area contributed by atoms with Crippen molar-refractivity contribution in [3.63, 3.8) is 0 Å². The second-order valence-electron chi connectivity index (χ2n) is 7.65. The number of aliphatic hydroxyl groups is 1. The predicted octanol–water partition coefficient (Wildman–Crippen LogP) is 1.02. The van der Waals surface area contributed by atoms with Gasteiger partial charge in [0.1, 0.15) is 18.3 Å². The molecule has 0 aliphatic carbocycles. The summed E-state index contributed by atoms with van der Waals surface area (Å²) in [4.78, 5) is 37.1. The molecule has 1 aromatic carbocycles. The zero-order valence-corrected chi connectivity index (χ0v) is 18.7. The average molecular weight is 491 g/mol. The number of fused-ring (bicyclic) bond motifs is 3. The third-order valence-corrected chi connectivity index (χ3v) is 7.32. The molecular formula is C19H18N5O7PS. The highest BCUT2D eigenvalue weighted by molar-refractivity contribution is 7.98. The van der Waals surface area contributed by atoms with E-state index < -0.39 is 37.9 Å². The summed E-state index contributed by atoms with van der Waals surface area (Å²) in [7, 11) is -4.53. The van der Waals surface area contributed by atoms with E-state index in [1.54, 1.807) is 12.5 Å². The number of ether oxygens (including phenoxy) is 1. The van der Waals surface area contributed by atoms with Gasteiger partial charge >= 0.3 is 1.43 Å². The molecular weight excluding hydrogens is 473 g/mol. The van der Waals surface area contributed by atoms with Gasteiger partial charge in [-0.2, -0.15) is 4.98 Å². The number of phosphoric acid groups is 1. The van der Waals surface area contributed by atoms with Crippen LogP contribution in [0.3, 0.4) is 0 Å². The number of thioether (sulfide) groups is 1. The molecule has 4 aromatic rings. The fourth-order valence-corrected chi connectivity index (χ4v) is 5.71. The zero-order chi connectivity index (χ0) is 22.9. The molecule has 3 unspecified atom stereocenters. The van der Waals surface area contributed by atoms with Gasteiger partial charge in [0, 0.05) is 6.20 Å². The van der Waals surface area contributed by atoms with Crippen LogP contribution in [-0.2, 0) is 18.3 Å². The minimum atomic E-state index is -4.53. The monoisotopic (exact) mass is 491 g/mol. The molecule has 172 valence electrons. The number of benzene rings is 1. The Hall–Kier alpha value is -2.51. The number of H-pyrrole nitrogens is 1. The van der Waals surface area contributed by atoms with Crippen molar-refractivity contribution in [3.8, 4) is 11.3 Å². The lowest BCUT2D eigenvalue weighted by molar-refractivity contribution is -0.245. The van der Waals surface area contributed by atoms with Crippen LogP contribution in [0.4, 0.5) is 0 Å². The van der Waals surface area contributed by atoms with Crippen molar-refractivity contribution < 1.29 is 29.8 Å². The van der Waals surface area contributed by atoms with Crippen LogP contribution < -0.4 is 10.5 Å². The van der Waals surface area contributed by atoms with Gasteiger partial charge in [-0.1, -0.05) is 42.1 Å². The highest BCUT2D eigenvalue weighted by atomic mass is 32.2. The Bertz CT molecular complexity index is 1490. The summed E-state index contributed by atoms with van der Waals surface area (Å²) in [5, 5.41) is 11.2. The highest BCUT2D eigenvalue weighted by Gasteiger charge is 2.51. The van der Waals surface area contributed by atoms with E-state index in [1.165, 1.54) is 20.7 Å². The molecule has 5 atom stereocenters. The molecule has 2 fully saturated rings. The van der Waals surface area contributed by atoms with E-state index in [9.17, 15) is 19.4 Å². The third kappa shape index (κ3) is 3.28. The van der Waals surface area contributed by atoms with Gasteiger partial charge in [-0.15, -0.1) is 0 Å². The maximum atomic E-state index is 13.2. The van der Waals surface area contributed by atoms with E-state index in [0.717, 1.165) is 5.56 Å². The van der Waals surface area contributed by atoms with Crippen LogP contribution in [0.15, 0.2) is 46.5 Å². The average Bonchev–Trinajstić information content (AvgIpc) is 3.48. The van der Waals surface area contributed by atoms with Crippen molar-refractivity contribution in [3.05, 3.63) is 46.9 Å². The number of imidazole rings is 2. The maximum absolute atomic E-state index is 13.2. The normalized spacial score (nSPS) is 29.7. The quantitative estimate of drug-likeness (QED) is 0.313. The van der Waals surface area contributed by atoms with Crippen LogP contribution in [0.25, 0.3) is 28.2 Å². The van der Waals surface area contributed by atoms with Gasteiger partial charge in [-0.05, 0) is 11.8 Å². The fraction of sp³-hybridized carbons (Fsp3) is 0.316. The van der Waals surface area contributed by atoms with Gasteiger partial charge in [0.05, 0.1) is 12.3 Å². The molecule has 2 aliphatic heterocycles. The number of aromatic amines is 1. The molecule has 2 N–H and O–H groups in total. The van der Waals surface area contributed by atoms with Crippen LogP contribution in [0.2, 0.25) is 0 Å². The summed E-state index contributed by atoms with van der Waals surface area (Å²) in [6.07, 6.45) is -0.967. The molecule has 2 saturated heterocycles. The molecule has 12 nitrogen and oxygen atoms in total. The van der Waals surface area contributed by atoms with E-state index in [1.807, 2.05) is 30.3 Å². The second-order valence-corrected chi connectivity index (χ2v) is 9.79. The van der Waals surface area contributed by atoms with Gasteiger partial charge in [-0.3, -0.25) is 13.9 Å². The van der Waals surface area contributed by atoms with E-state index in [0.29, 0.717) is 10.9 Å². The molecule has 6 rings (SSSR count). The number of aromatic nitrogens is 5. The summed E-state index contributed by atoms with van der Waals surface area (Å²) >= 11 is 1.23. The van der Waals surface area contributed by atoms with Crippen LogP contribution in [0.1, 0.15) is 7.65 Å². The minimum Gasteiger partial charge on any atom is -0.756 e. The summed E-state index contributed by atoms with van der Waals surface area (Å²) in [5.74, 6) is 0.286. The Balaban J connectivity index is 0.00000241. The van der Waals surface area contributed by atoms with Gasteiger partial charge in [0.25, 0.3) is 13.4 Å². The molecule has 0 amide bonds. The van der Waals surface area contributed by atoms with Crippen LogP contribution in [-0.4, -0.2) is 60.2 Å². The second kappa shape index (κ2) is 7.50. The Morgan fingerprint density at radius 1 is 1.33 bits per heavy atom. The van der Waals surface area contributed by atoms with E-state index >= 15 is 0 Å². The SMILES string of the molecule is CSc1nc2c(=O)n3cc(-c4ccccc4)[nH]c3nc2n1[C@@H]1OC2COP(=O)([O-])O[C@H]2C1O.[H+]. The van der Waals surface area contributed by atoms with Crippen LogP contribution in [0, 0.1) is 0 Å². The highest BCUT2D eigenvalue weighted by Crippen LogP contribution is 2.50. The van der Waals surface area contributed by atoms with Gasteiger partial charge in [-0.25, -0.2) is 9.38 Å². The summed E-state index contributed by atoms with van der Waals surface area (Å²) < 4.78 is 30.1. The van der Waals surface area contributed by atoms with Crippen molar-refractivity contribution in [2.75, 3.05) is 12.9 Å². The predicted molar refractivity (Wildman–Crippen MR) is 116 cm³/mol. The lowest BCUT2D eigenvalue weighted by atomic mass is 10.1. The summed E-state index contributed by atoms with van der Waals surface area (Å²) in [5.41, 5.74) is 1.47. The smallest absolute Gasteiger partial charge is 0.756 e. The number of nitrogens with zero attached hydrogens (tertiary/aromatic N) is 4. The van der Waals surface area contributed by atoms with Crippen molar-refractivity contribution in [1.82, 2.24) is 23.9 Å². The summed E-state index contributed by atoms with van der Waals surface area (Å²) in [6.45, 7) is -0.280. The van der Waals surface area contributed by atoms with Gasteiger partial charge in [0.15, 0.2) is 22.5 Å². The molecule has 0 spiro atoms. The maximum Gasteiger partial charge on any atom is 1.00 e. The van der Waals surface area contributed by atoms with Crippen LogP contribution in [0.5, 0.6) is 0 Å². The van der Waals surface area contributed by atoms with Gasteiger partial charge < -0.3 is 28.8 Å². The molecule has 3 aromatic heterocycles. The topological polar surface area (TPSA) is 156 Å². The molecule has 33 heavy (non-hydrogen) atoms. The standard InChI is InChI=1S/C19H18N5O7PS/c1-33-19-21-12-15(24(19)17-13(25)14-11(30-17)8-29-32(27,28)31-14)22-18-20-10(7-23(18)16(12)26)9-5-3-2-4-6-9/h2-7,11,13-14,17,25H,8H2,1H3,(H,20,22)(H,27,28)/t11?,13?,14-,17-/m1/s1. The molecule has 5 heterocycles. The number of aliphatic hydroxyl groups excluding tert-OH is 1. The lowest BCUT2D eigenvalue weighted by Gasteiger charge is -2.34. The number of nitrogens with one attached hydrogen (secondary N) is 1. The van der Waals surface area contributed by atoms with Crippen molar-refractivity contribution >= 4 is 36.5 Å². The molecule has 14 heteroatoms. The lowest BCUT2D eigenvalue weighted by Crippen LogP contribution is -2.41. The Morgan fingerprint density at radius 2 is 2.12 bits per heavy atom. The first-order valence-electron chi connectivity index (χ1n) is 9.96. The largest absolute Gasteiger partial charge is 1.00 e. The molecule has 0 radical (unpaired) electrons. The Kier molecular flexibility index (Phi) is 4.79. The Labute approximate surface area is 191 Å². The zero-order valence-electron chi connectivity index (χ0n) is 18.0. The van der Waals surface area contributed by atoms with E-state index in [4.69, 9.17) is 13.8 Å². The summed E-state index contributed by atoms with van der Waals surface area (Å²) in [6, 6.07) is 9.48. The third-order valence-electron chi connectivity index (χ3n) is 5.70. The first-order chi connectivity index (χ1) is 15.9. The number of hydrogen-bond acceptors (Lipinski definition) is 10. The molecule has 2 aliphatic rings. The van der Waals surface area contributed by atoms with E-state index in [2.05, 4.69) is 15.0 Å². The first kappa shape index (κ1) is 21.1. The fourth-order valence-electron chi connectivity index (χ4n) is 4.19. The number of hydrogen-bond donors (Lipinski definition) is 2. The van der Waals surface area contributed by atoms with Crippen molar-refractivity contribution in [2.24, 2.45) is 0 Å². The minimum absolute atomic E-state index is 0. The Morgan fingerprint density at radius 3 is 2.88 bits per heavy atom. The number of rotatable bonds is 3. The van der Waals surface area contributed by atoms with Crippen molar-refractivity contribution in [2.45, 2.75) is 29.7 Å². The molecule has 0 saturated carbocycles.